The molecule has 1 aliphatic carbocycles. The molecule has 16 nitrogen and oxygen atoms in total. The van der Waals surface area contributed by atoms with E-state index < -0.39 is 0 Å². The Bertz CT molecular complexity index is 2240. The topological polar surface area (TPSA) is 144 Å². The molecular weight excluding hydrogens is 765 g/mol. The Morgan fingerprint density at radius 3 is 1.70 bits per heavy atom. The Balaban J connectivity index is 1.20. The van der Waals surface area contributed by atoms with E-state index in [1.165, 1.54) is 9.13 Å². The molecule has 60 heavy (non-hydrogen) atoms. The van der Waals surface area contributed by atoms with Gasteiger partial charge in [0.1, 0.15) is 0 Å². The van der Waals surface area contributed by atoms with E-state index in [2.05, 4.69) is 48.8 Å². The highest BCUT2D eigenvalue weighted by molar-refractivity contribution is 6.18. The third kappa shape index (κ3) is 9.65. The van der Waals surface area contributed by atoms with E-state index in [0.29, 0.717) is 103 Å². The standard InChI is InChI=1S/C44H66N10O6/c1-47-15-19-49(20-16-47)9-3-7-45-35-31-33-38-37-34(42(56)53(43(57)39(35)37)13-5-11-51-23-27-59-28-24-51)32-36(46-8-4-10-50-21-17-48(2)18-22-50)40(38)44(58)54(41(33)55)14-6-12-52-25-29-60-30-26-52/h31-32,45,55H,3-30H2,1-2H3. The van der Waals surface area contributed by atoms with Crippen LogP contribution in [0.25, 0.3) is 32.7 Å². The molecule has 4 saturated heterocycles. The number of benzene rings is 2. The molecule has 5 aliphatic heterocycles. The lowest BCUT2D eigenvalue weighted by Gasteiger charge is -2.32. The molecule has 0 unspecified atom stereocenters. The number of hydrogen-bond acceptors (Lipinski definition) is 14. The van der Waals surface area contributed by atoms with Crippen LogP contribution < -0.4 is 27.4 Å². The molecule has 6 aliphatic rings. The number of morpholine rings is 2. The van der Waals surface area contributed by atoms with Crippen molar-refractivity contribution >= 4 is 27.2 Å². The van der Waals surface area contributed by atoms with Gasteiger partial charge in [0, 0.05) is 140 Å². The Morgan fingerprint density at radius 2 is 1.10 bits per heavy atom. The number of nitrogens with zero attached hydrogens (tertiary/aromatic N) is 9. The molecule has 328 valence electrons. The van der Waals surface area contributed by atoms with Gasteiger partial charge in [-0.3, -0.25) is 38.3 Å². The van der Waals surface area contributed by atoms with E-state index >= 15 is 0 Å². The van der Waals surface area contributed by atoms with Crippen molar-refractivity contribution in [2.75, 3.05) is 164 Å². The second-order valence-corrected chi connectivity index (χ2v) is 17.4. The van der Waals surface area contributed by atoms with Crippen LogP contribution in [0, 0.1) is 0 Å². The van der Waals surface area contributed by atoms with Crippen molar-refractivity contribution in [1.29, 1.82) is 0 Å². The van der Waals surface area contributed by atoms with Crippen molar-refractivity contribution in [2.24, 2.45) is 4.99 Å². The number of nitrogens with one attached hydrogen (secondary N) is 1. The fraction of sp³-hybridized carbons (Fsp3) is 0.682. The zero-order valence-electron chi connectivity index (χ0n) is 36.0. The molecule has 2 aromatic rings. The second-order valence-electron chi connectivity index (χ2n) is 17.4. The minimum atomic E-state index is -0.382. The van der Waals surface area contributed by atoms with Crippen LogP contribution >= 0.6 is 0 Å². The number of likely N-dealkylation sites (N-methyl/N-ethyl adjacent to an activating group) is 2. The highest BCUT2D eigenvalue weighted by Crippen LogP contribution is 2.40. The summed E-state index contributed by atoms with van der Waals surface area (Å²) in [6.07, 6.45) is 2.96. The number of piperazine rings is 2. The summed E-state index contributed by atoms with van der Waals surface area (Å²) < 4.78 is 13.9. The fourth-order valence-corrected chi connectivity index (χ4v) is 9.55. The summed E-state index contributed by atoms with van der Waals surface area (Å²) in [4.78, 5) is 63.5. The van der Waals surface area contributed by atoms with Crippen molar-refractivity contribution in [1.82, 2.24) is 38.5 Å². The van der Waals surface area contributed by atoms with Crippen LogP contribution in [-0.4, -0.2) is 202 Å². The van der Waals surface area contributed by atoms with E-state index in [9.17, 15) is 19.5 Å². The number of hydrogen-bond donors (Lipinski definition) is 2. The number of pyridine rings is 2. The van der Waals surface area contributed by atoms with Crippen LogP contribution in [0.3, 0.4) is 0 Å². The van der Waals surface area contributed by atoms with Gasteiger partial charge >= 0.3 is 0 Å². The first kappa shape index (κ1) is 42.9. The minimum Gasteiger partial charge on any atom is -0.494 e. The predicted molar refractivity (Wildman–Crippen MR) is 237 cm³/mol. The van der Waals surface area contributed by atoms with Gasteiger partial charge in [-0.25, -0.2) is 0 Å². The Labute approximate surface area is 352 Å². The highest BCUT2D eigenvalue weighted by Gasteiger charge is 2.29. The summed E-state index contributed by atoms with van der Waals surface area (Å²) in [5.74, 6) is -0.146. The number of ether oxygens (including phenoxy) is 2. The van der Waals surface area contributed by atoms with E-state index in [1.54, 1.807) is 6.07 Å². The summed E-state index contributed by atoms with van der Waals surface area (Å²) in [5, 5.41) is 17.8. The van der Waals surface area contributed by atoms with Crippen LogP contribution in [0.4, 0.5) is 5.69 Å². The maximum absolute atomic E-state index is 14.8. The van der Waals surface area contributed by atoms with Gasteiger partial charge in [-0.2, -0.15) is 0 Å². The SMILES string of the molecule is CN1CCN(CCCN=c2cc3c(=O)n(CCCN4CCOCC4)c(=O)c4c(NCCCN5CCN(C)CC5)cc5c(O)n(CCCN6CCOCC6)c(=O)c2c5c4-3)CC1. The lowest BCUT2D eigenvalue weighted by Crippen LogP contribution is -2.44. The van der Waals surface area contributed by atoms with Gasteiger partial charge in [0.05, 0.1) is 48.1 Å². The predicted octanol–water partition coefficient (Wildman–Crippen LogP) is 0.395. The van der Waals surface area contributed by atoms with Gasteiger partial charge in [0.15, 0.2) is 0 Å². The minimum absolute atomic E-state index is 0.146. The quantitative estimate of drug-likeness (QED) is 0.112. The number of aromatic hydroxyl groups is 1. The highest BCUT2D eigenvalue weighted by atomic mass is 16.5. The fourth-order valence-electron chi connectivity index (χ4n) is 9.55. The Kier molecular flexibility index (Phi) is 14.3. The van der Waals surface area contributed by atoms with Crippen molar-refractivity contribution in [3.63, 3.8) is 0 Å². The van der Waals surface area contributed by atoms with Gasteiger partial charge in [-0.05, 0) is 65.0 Å². The van der Waals surface area contributed by atoms with Gasteiger partial charge < -0.3 is 39.5 Å². The zero-order chi connectivity index (χ0) is 41.6. The Morgan fingerprint density at radius 1 is 0.583 bits per heavy atom. The van der Waals surface area contributed by atoms with Crippen molar-refractivity contribution in [3.05, 3.63) is 48.6 Å². The van der Waals surface area contributed by atoms with Crippen molar-refractivity contribution in [3.8, 4) is 17.0 Å². The van der Waals surface area contributed by atoms with E-state index in [1.807, 2.05) is 6.07 Å². The lowest BCUT2D eigenvalue weighted by atomic mass is 9.89. The first-order chi connectivity index (χ1) is 29.3. The third-order valence-electron chi connectivity index (χ3n) is 13.3. The number of rotatable bonds is 17. The molecule has 6 heterocycles. The van der Waals surface area contributed by atoms with Gasteiger partial charge in [0.25, 0.3) is 16.7 Å². The molecular formula is C44H66N10O6. The summed E-state index contributed by atoms with van der Waals surface area (Å²) in [6.45, 7) is 19.3. The summed E-state index contributed by atoms with van der Waals surface area (Å²) in [6, 6.07) is 3.60. The molecule has 0 atom stereocenters. The Hall–Kier alpha value is -3.74. The molecule has 1 aromatic heterocycles. The molecule has 4 fully saturated rings. The molecule has 0 radical (unpaired) electrons. The van der Waals surface area contributed by atoms with Gasteiger partial charge in [-0.1, -0.05) is 0 Å². The maximum atomic E-state index is 14.8. The monoisotopic (exact) mass is 831 g/mol. The summed E-state index contributed by atoms with van der Waals surface area (Å²) in [7, 11) is 4.30. The van der Waals surface area contributed by atoms with E-state index in [-0.39, 0.29) is 29.1 Å². The number of aromatic nitrogens is 2. The normalized spacial score (nSPS) is 20.4. The smallest absolute Gasteiger partial charge is 0.263 e. The summed E-state index contributed by atoms with van der Waals surface area (Å²) in [5.41, 5.74) is 0.269. The maximum Gasteiger partial charge on any atom is 0.263 e. The van der Waals surface area contributed by atoms with Gasteiger partial charge in [-0.15, -0.1) is 0 Å². The average Bonchev–Trinajstić information content (AvgIpc) is 3.26. The molecule has 0 spiro atoms. The summed E-state index contributed by atoms with van der Waals surface area (Å²) >= 11 is 0. The van der Waals surface area contributed by atoms with E-state index in [4.69, 9.17) is 14.5 Å². The molecule has 8 rings (SSSR count). The molecule has 1 aromatic carbocycles. The second kappa shape index (κ2) is 20.0. The van der Waals surface area contributed by atoms with Gasteiger partial charge in [0.2, 0.25) is 5.88 Å². The molecule has 16 heteroatoms. The van der Waals surface area contributed by atoms with Crippen molar-refractivity contribution < 1.29 is 14.6 Å². The first-order valence-corrected chi connectivity index (χ1v) is 22.5. The van der Waals surface area contributed by atoms with Crippen LogP contribution in [-0.2, 0) is 22.6 Å². The van der Waals surface area contributed by atoms with Crippen molar-refractivity contribution in [2.45, 2.75) is 38.8 Å². The van der Waals surface area contributed by atoms with Crippen LogP contribution in [0.15, 0.2) is 31.5 Å². The van der Waals surface area contributed by atoms with Crippen LogP contribution in [0.5, 0.6) is 5.88 Å². The van der Waals surface area contributed by atoms with Crippen LogP contribution in [0.2, 0.25) is 0 Å². The number of anilines is 1. The van der Waals surface area contributed by atoms with E-state index in [0.717, 1.165) is 118 Å². The molecule has 0 saturated carbocycles. The largest absolute Gasteiger partial charge is 0.494 e. The zero-order valence-corrected chi connectivity index (χ0v) is 36.0. The molecule has 0 bridgehead atoms. The average molecular weight is 831 g/mol. The lowest BCUT2D eigenvalue weighted by molar-refractivity contribution is 0.0368. The molecule has 2 N–H and O–H groups in total. The van der Waals surface area contributed by atoms with Crippen LogP contribution in [0.1, 0.15) is 25.7 Å². The third-order valence-corrected chi connectivity index (χ3v) is 13.3. The molecule has 0 amide bonds. The first-order valence-electron chi connectivity index (χ1n) is 22.5.